The predicted octanol–water partition coefficient (Wildman–Crippen LogP) is 2.10. The Morgan fingerprint density at radius 2 is 2.24 bits per heavy atom. The molecule has 0 aliphatic carbocycles. The molecule has 0 aliphatic rings. The number of carbonyl (C=O) groups excluding carboxylic acids is 1. The van der Waals surface area contributed by atoms with Crippen LogP contribution in [0.5, 0.6) is 0 Å². The van der Waals surface area contributed by atoms with Crippen molar-refractivity contribution in [2.45, 2.75) is 0 Å². The van der Waals surface area contributed by atoms with Gasteiger partial charge in [-0.15, -0.1) is 0 Å². The van der Waals surface area contributed by atoms with Crippen molar-refractivity contribution in [2.24, 2.45) is 0 Å². The van der Waals surface area contributed by atoms with Gasteiger partial charge in [-0.3, -0.25) is 14.7 Å². The maximum Gasteiger partial charge on any atom is 0.295 e. The van der Waals surface area contributed by atoms with Crippen molar-refractivity contribution in [1.29, 1.82) is 0 Å². The van der Waals surface area contributed by atoms with E-state index in [2.05, 4.69) is 26.0 Å². The molecule has 3 rings (SSSR count). The van der Waals surface area contributed by atoms with Gasteiger partial charge in [0.25, 0.3) is 5.91 Å². The zero-order chi connectivity index (χ0) is 17.8. The second-order valence-corrected chi connectivity index (χ2v) is 6.18. The van der Waals surface area contributed by atoms with Crippen LogP contribution in [0.25, 0.3) is 10.9 Å². The number of benzene rings is 1. The molecule has 0 saturated heterocycles. The summed E-state index contributed by atoms with van der Waals surface area (Å²) >= 11 is 2.01. The molecule has 130 valence electrons. The Kier molecular flexibility index (Phi) is 5.40. The SMILES string of the molecule is O=C(NOCCO)c1ncc2[nH]ncc2c1Nc1ccc(I)cc1F. The molecule has 0 unspecified atom stereocenters. The van der Waals surface area contributed by atoms with Crippen LogP contribution < -0.4 is 10.8 Å². The van der Waals surface area contributed by atoms with Crippen LogP contribution in [0.1, 0.15) is 10.5 Å². The number of aromatic nitrogens is 3. The number of H-pyrrole nitrogens is 1. The van der Waals surface area contributed by atoms with Gasteiger partial charge >= 0.3 is 0 Å². The molecule has 0 radical (unpaired) electrons. The third-order valence-corrected chi connectivity index (χ3v) is 3.93. The molecular formula is C15H13FIN5O3. The molecule has 1 aromatic carbocycles. The number of hydroxylamine groups is 1. The van der Waals surface area contributed by atoms with E-state index >= 15 is 0 Å². The fourth-order valence-electron chi connectivity index (χ4n) is 2.15. The molecule has 0 saturated carbocycles. The van der Waals surface area contributed by atoms with Crippen LogP contribution in [0.15, 0.2) is 30.6 Å². The van der Waals surface area contributed by atoms with Crippen molar-refractivity contribution in [1.82, 2.24) is 20.7 Å². The number of aliphatic hydroxyl groups excluding tert-OH is 1. The van der Waals surface area contributed by atoms with Gasteiger partial charge in [-0.05, 0) is 40.8 Å². The van der Waals surface area contributed by atoms with Gasteiger partial charge in [0, 0.05) is 8.96 Å². The second-order valence-electron chi connectivity index (χ2n) is 4.93. The van der Waals surface area contributed by atoms with Gasteiger partial charge in [-0.1, -0.05) is 0 Å². The average molecular weight is 457 g/mol. The molecule has 0 fully saturated rings. The zero-order valence-electron chi connectivity index (χ0n) is 12.7. The molecule has 10 heteroatoms. The van der Waals surface area contributed by atoms with Gasteiger partial charge in [0.2, 0.25) is 0 Å². The number of hydrogen-bond acceptors (Lipinski definition) is 6. The summed E-state index contributed by atoms with van der Waals surface area (Å²) in [6.07, 6.45) is 2.95. The predicted molar refractivity (Wildman–Crippen MR) is 96.8 cm³/mol. The molecule has 25 heavy (non-hydrogen) atoms. The highest BCUT2D eigenvalue weighted by Gasteiger charge is 2.19. The summed E-state index contributed by atoms with van der Waals surface area (Å²) in [4.78, 5) is 21.2. The number of halogens is 2. The third-order valence-electron chi connectivity index (χ3n) is 3.26. The molecule has 0 bridgehead atoms. The maximum absolute atomic E-state index is 14.2. The summed E-state index contributed by atoms with van der Waals surface area (Å²) in [5, 5.41) is 18.8. The largest absolute Gasteiger partial charge is 0.394 e. The fraction of sp³-hybridized carbons (Fsp3) is 0.133. The van der Waals surface area contributed by atoms with E-state index in [1.807, 2.05) is 22.6 Å². The highest BCUT2D eigenvalue weighted by Crippen LogP contribution is 2.29. The number of nitrogens with zero attached hydrogens (tertiary/aromatic N) is 2. The Hall–Kier alpha value is -2.31. The summed E-state index contributed by atoms with van der Waals surface area (Å²) in [6, 6.07) is 4.68. The lowest BCUT2D eigenvalue weighted by atomic mass is 10.2. The number of amides is 1. The van der Waals surface area contributed by atoms with Gasteiger partial charge < -0.3 is 10.4 Å². The molecule has 8 nitrogen and oxygen atoms in total. The Labute approximate surface area is 154 Å². The van der Waals surface area contributed by atoms with Crippen molar-refractivity contribution < 1.29 is 19.1 Å². The number of carbonyl (C=O) groups is 1. The average Bonchev–Trinajstić information content (AvgIpc) is 3.06. The second kappa shape index (κ2) is 7.72. The monoisotopic (exact) mass is 457 g/mol. The van der Waals surface area contributed by atoms with E-state index in [0.717, 1.165) is 3.57 Å². The zero-order valence-corrected chi connectivity index (χ0v) is 14.9. The molecule has 0 spiro atoms. The maximum atomic E-state index is 14.2. The molecular weight excluding hydrogens is 444 g/mol. The van der Waals surface area contributed by atoms with E-state index in [0.29, 0.717) is 10.9 Å². The van der Waals surface area contributed by atoms with E-state index in [-0.39, 0.29) is 30.3 Å². The number of aromatic amines is 1. The van der Waals surface area contributed by atoms with Crippen LogP contribution in [0, 0.1) is 9.39 Å². The van der Waals surface area contributed by atoms with Gasteiger partial charge in [-0.2, -0.15) is 5.10 Å². The van der Waals surface area contributed by atoms with Crippen molar-refractivity contribution in [3.63, 3.8) is 0 Å². The lowest BCUT2D eigenvalue weighted by molar-refractivity contribution is 0.0165. The van der Waals surface area contributed by atoms with Crippen LogP contribution >= 0.6 is 22.6 Å². The van der Waals surface area contributed by atoms with E-state index in [1.54, 1.807) is 12.1 Å². The highest BCUT2D eigenvalue weighted by atomic mass is 127. The number of aliphatic hydroxyl groups is 1. The van der Waals surface area contributed by atoms with E-state index in [9.17, 15) is 9.18 Å². The normalized spacial score (nSPS) is 10.8. The van der Waals surface area contributed by atoms with E-state index in [1.165, 1.54) is 18.5 Å². The van der Waals surface area contributed by atoms with Crippen LogP contribution in [0.3, 0.4) is 0 Å². The number of fused-ring (bicyclic) bond motifs is 1. The number of nitrogens with one attached hydrogen (secondary N) is 3. The summed E-state index contributed by atoms with van der Waals surface area (Å²) in [5.74, 6) is -1.10. The molecule has 3 aromatic rings. The van der Waals surface area contributed by atoms with E-state index < -0.39 is 11.7 Å². The third kappa shape index (κ3) is 3.86. The van der Waals surface area contributed by atoms with E-state index in [4.69, 9.17) is 9.94 Å². The van der Waals surface area contributed by atoms with Gasteiger partial charge in [0.15, 0.2) is 5.69 Å². The molecule has 2 heterocycles. The molecule has 4 N–H and O–H groups in total. The highest BCUT2D eigenvalue weighted by molar-refractivity contribution is 14.1. The lowest BCUT2D eigenvalue weighted by Crippen LogP contribution is -2.26. The fourth-order valence-corrected chi connectivity index (χ4v) is 2.60. The first-order chi connectivity index (χ1) is 12.1. The minimum atomic E-state index is -0.634. The van der Waals surface area contributed by atoms with Gasteiger partial charge in [-0.25, -0.2) is 14.9 Å². The van der Waals surface area contributed by atoms with Gasteiger partial charge in [0.1, 0.15) is 5.82 Å². The molecule has 2 aromatic heterocycles. The molecule has 0 aliphatic heterocycles. The van der Waals surface area contributed by atoms with Crippen LogP contribution in [0.2, 0.25) is 0 Å². The number of pyridine rings is 1. The lowest BCUT2D eigenvalue weighted by Gasteiger charge is -2.13. The first kappa shape index (κ1) is 17.5. The number of rotatable bonds is 6. The smallest absolute Gasteiger partial charge is 0.295 e. The van der Waals surface area contributed by atoms with Crippen molar-refractivity contribution >= 4 is 50.8 Å². The Morgan fingerprint density at radius 1 is 1.40 bits per heavy atom. The minimum Gasteiger partial charge on any atom is -0.394 e. The Bertz CT molecular complexity index is 917. The van der Waals surface area contributed by atoms with Crippen molar-refractivity contribution in [3.8, 4) is 0 Å². The first-order valence-electron chi connectivity index (χ1n) is 7.17. The van der Waals surface area contributed by atoms with Crippen LogP contribution in [-0.4, -0.2) is 39.4 Å². The van der Waals surface area contributed by atoms with Crippen LogP contribution in [-0.2, 0) is 4.84 Å². The van der Waals surface area contributed by atoms with Crippen LogP contribution in [0.4, 0.5) is 15.8 Å². The Morgan fingerprint density at radius 3 is 3.00 bits per heavy atom. The summed E-state index contributed by atoms with van der Waals surface area (Å²) in [7, 11) is 0. The number of hydrogen-bond donors (Lipinski definition) is 4. The Balaban J connectivity index is 2.00. The van der Waals surface area contributed by atoms with Crippen molar-refractivity contribution in [3.05, 3.63) is 45.7 Å². The summed E-state index contributed by atoms with van der Waals surface area (Å²) < 4.78 is 14.9. The topological polar surface area (TPSA) is 112 Å². The van der Waals surface area contributed by atoms with Crippen molar-refractivity contribution in [2.75, 3.05) is 18.5 Å². The standard InChI is InChI=1S/C15H13FIN5O3/c16-10-5-8(17)1-2-11(10)20-13-9-6-19-21-12(9)7-18-14(13)15(24)22-25-4-3-23/h1-2,5-7,20,23H,3-4H2,(H,19,21)(H,22,24). The van der Waals surface area contributed by atoms with Gasteiger partial charge in [0.05, 0.1) is 42.5 Å². The summed E-state index contributed by atoms with van der Waals surface area (Å²) in [6.45, 7) is -0.304. The molecule has 1 amide bonds. The quantitative estimate of drug-likeness (QED) is 0.256. The minimum absolute atomic E-state index is 0.00443. The number of anilines is 2. The summed E-state index contributed by atoms with van der Waals surface area (Å²) in [5.41, 5.74) is 3.25. The molecule has 0 atom stereocenters. The first-order valence-corrected chi connectivity index (χ1v) is 8.25.